The molecule has 3 heteroatoms. The van der Waals surface area contributed by atoms with Crippen LogP contribution in [0.25, 0.3) is 44.1 Å². The summed E-state index contributed by atoms with van der Waals surface area (Å²) in [5.41, 5.74) is 6.85. The van der Waals surface area contributed by atoms with Crippen LogP contribution in [0.15, 0.2) is 102 Å². The lowest BCUT2D eigenvalue weighted by Gasteiger charge is -2.04. The molecule has 0 aliphatic rings. The van der Waals surface area contributed by atoms with Gasteiger partial charge in [-0.3, -0.25) is 4.98 Å². The average molecular weight is 386 g/mol. The molecule has 6 rings (SSSR count). The van der Waals surface area contributed by atoms with E-state index in [2.05, 4.69) is 65.6 Å². The molecular weight excluding hydrogens is 368 g/mol. The predicted octanol–water partition coefficient (Wildman–Crippen LogP) is 6.79. The molecule has 3 aromatic carbocycles. The monoisotopic (exact) mass is 386 g/mol. The zero-order chi connectivity index (χ0) is 19.9. The summed E-state index contributed by atoms with van der Waals surface area (Å²) in [4.78, 5) is 9.60. The molecule has 0 saturated heterocycles. The summed E-state index contributed by atoms with van der Waals surface area (Å²) >= 11 is 0. The van der Waals surface area contributed by atoms with Crippen LogP contribution in [0.1, 0.15) is 11.3 Å². The molecule has 0 N–H and O–H groups in total. The predicted molar refractivity (Wildman–Crippen MR) is 122 cm³/mol. The van der Waals surface area contributed by atoms with Crippen LogP contribution in [-0.4, -0.2) is 9.97 Å². The molecular formula is C27H18N2O. The Morgan fingerprint density at radius 3 is 2.40 bits per heavy atom. The molecule has 3 heterocycles. The number of aromatic nitrogens is 2. The molecule has 0 aliphatic heterocycles. The number of benzene rings is 3. The number of hydrogen-bond donors (Lipinski definition) is 0. The third-order valence-corrected chi connectivity index (χ3v) is 5.53. The van der Waals surface area contributed by atoms with E-state index in [1.165, 1.54) is 10.9 Å². The van der Waals surface area contributed by atoms with Crippen molar-refractivity contribution in [3.05, 3.63) is 108 Å². The van der Waals surface area contributed by atoms with E-state index < -0.39 is 0 Å². The number of rotatable bonds is 3. The summed E-state index contributed by atoms with van der Waals surface area (Å²) in [6.45, 7) is 0. The van der Waals surface area contributed by atoms with Crippen molar-refractivity contribution in [3.8, 4) is 11.3 Å². The lowest BCUT2D eigenvalue weighted by Crippen LogP contribution is -1.91. The van der Waals surface area contributed by atoms with Crippen LogP contribution < -0.4 is 0 Å². The molecule has 0 spiro atoms. The fourth-order valence-corrected chi connectivity index (χ4v) is 3.99. The first-order chi connectivity index (χ1) is 14.8. The van der Waals surface area contributed by atoms with Gasteiger partial charge in [-0.1, -0.05) is 54.6 Å². The van der Waals surface area contributed by atoms with Crippen molar-refractivity contribution >= 4 is 32.8 Å². The standard InChI is InChI=1S/C27H18N2O/c1-2-6-18(7-3-1)14-22-11-13-26-27(29-22)23-15-20(10-12-25(23)30-26)24-16-19-8-4-5-9-21(19)17-28-24/h1-13,15-17H,14H2. The average Bonchev–Trinajstić information content (AvgIpc) is 3.17. The van der Waals surface area contributed by atoms with Crippen LogP contribution in [0.3, 0.4) is 0 Å². The zero-order valence-corrected chi connectivity index (χ0v) is 16.2. The summed E-state index contributed by atoms with van der Waals surface area (Å²) in [6, 6.07) is 31.1. The first-order valence-corrected chi connectivity index (χ1v) is 10.0. The highest BCUT2D eigenvalue weighted by molar-refractivity contribution is 6.04. The van der Waals surface area contributed by atoms with Crippen LogP contribution in [-0.2, 0) is 6.42 Å². The fraction of sp³-hybridized carbons (Fsp3) is 0.0370. The molecule has 0 radical (unpaired) electrons. The number of fused-ring (bicyclic) bond motifs is 4. The molecule has 0 unspecified atom stereocenters. The van der Waals surface area contributed by atoms with Crippen molar-refractivity contribution in [1.82, 2.24) is 9.97 Å². The molecule has 0 fully saturated rings. The first kappa shape index (κ1) is 16.9. The minimum absolute atomic E-state index is 0.801. The third-order valence-electron chi connectivity index (χ3n) is 5.53. The van der Waals surface area contributed by atoms with Crippen molar-refractivity contribution in [2.45, 2.75) is 6.42 Å². The van der Waals surface area contributed by atoms with Crippen molar-refractivity contribution in [2.24, 2.45) is 0 Å². The van der Waals surface area contributed by atoms with E-state index in [1.807, 2.05) is 36.5 Å². The Labute approximate surface area is 173 Å². The maximum Gasteiger partial charge on any atom is 0.153 e. The van der Waals surface area contributed by atoms with Gasteiger partial charge in [0, 0.05) is 34.6 Å². The van der Waals surface area contributed by atoms with Crippen molar-refractivity contribution in [3.63, 3.8) is 0 Å². The lowest BCUT2D eigenvalue weighted by atomic mass is 10.1. The van der Waals surface area contributed by atoms with Gasteiger partial charge < -0.3 is 4.42 Å². The number of pyridine rings is 2. The minimum Gasteiger partial charge on any atom is -0.454 e. The Morgan fingerprint density at radius 1 is 0.700 bits per heavy atom. The van der Waals surface area contributed by atoms with Gasteiger partial charge in [0.2, 0.25) is 0 Å². The van der Waals surface area contributed by atoms with Crippen LogP contribution >= 0.6 is 0 Å². The molecule has 3 nitrogen and oxygen atoms in total. The number of hydrogen-bond acceptors (Lipinski definition) is 3. The van der Waals surface area contributed by atoms with Gasteiger partial charge in [0.05, 0.1) is 5.69 Å². The molecule has 0 atom stereocenters. The van der Waals surface area contributed by atoms with Gasteiger partial charge in [-0.2, -0.15) is 0 Å². The molecule has 0 aliphatic carbocycles. The highest BCUT2D eigenvalue weighted by Crippen LogP contribution is 2.32. The second-order valence-corrected chi connectivity index (χ2v) is 7.54. The van der Waals surface area contributed by atoms with Crippen LogP contribution in [0, 0.1) is 0 Å². The summed E-state index contributed by atoms with van der Waals surface area (Å²) in [5.74, 6) is 0. The van der Waals surface area contributed by atoms with Gasteiger partial charge in [-0.05, 0) is 47.3 Å². The topological polar surface area (TPSA) is 38.9 Å². The number of nitrogens with zero attached hydrogens (tertiary/aromatic N) is 2. The molecule has 0 amide bonds. The normalized spacial score (nSPS) is 11.5. The lowest BCUT2D eigenvalue weighted by molar-refractivity contribution is 0.668. The smallest absolute Gasteiger partial charge is 0.153 e. The van der Waals surface area contributed by atoms with E-state index in [0.717, 1.165) is 50.8 Å². The molecule has 30 heavy (non-hydrogen) atoms. The Kier molecular flexibility index (Phi) is 3.85. The molecule has 142 valence electrons. The van der Waals surface area contributed by atoms with E-state index in [0.29, 0.717) is 0 Å². The highest BCUT2D eigenvalue weighted by atomic mass is 16.3. The molecule has 6 aromatic rings. The summed E-state index contributed by atoms with van der Waals surface area (Å²) < 4.78 is 6.04. The quantitative estimate of drug-likeness (QED) is 0.336. The molecule has 3 aromatic heterocycles. The minimum atomic E-state index is 0.801. The molecule has 0 bridgehead atoms. The third kappa shape index (κ3) is 2.92. The van der Waals surface area contributed by atoms with Crippen molar-refractivity contribution in [1.29, 1.82) is 0 Å². The van der Waals surface area contributed by atoms with Gasteiger partial charge in [-0.25, -0.2) is 4.98 Å². The fourth-order valence-electron chi connectivity index (χ4n) is 3.99. The first-order valence-electron chi connectivity index (χ1n) is 10.0. The van der Waals surface area contributed by atoms with Gasteiger partial charge in [0.15, 0.2) is 5.58 Å². The Balaban J connectivity index is 1.46. The van der Waals surface area contributed by atoms with E-state index in [-0.39, 0.29) is 0 Å². The Bertz CT molecular complexity index is 1520. The second kappa shape index (κ2) is 6.82. The maximum absolute atomic E-state index is 6.04. The van der Waals surface area contributed by atoms with Gasteiger partial charge >= 0.3 is 0 Å². The van der Waals surface area contributed by atoms with E-state index >= 15 is 0 Å². The summed E-state index contributed by atoms with van der Waals surface area (Å²) in [6.07, 6.45) is 2.73. The van der Waals surface area contributed by atoms with E-state index in [4.69, 9.17) is 9.40 Å². The Morgan fingerprint density at radius 2 is 1.50 bits per heavy atom. The van der Waals surface area contributed by atoms with E-state index in [9.17, 15) is 0 Å². The Hall–Kier alpha value is -3.98. The second-order valence-electron chi connectivity index (χ2n) is 7.54. The van der Waals surface area contributed by atoms with Crippen LogP contribution in [0.4, 0.5) is 0 Å². The zero-order valence-electron chi connectivity index (χ0n) is 16.2. The van der Waals surface area contributed by atoms with Crippen LogP contribution in [0.5, 0.6) is 0 Å². The van der Waals surface area contributed by atoms with Gasteiger partial charge in [0.1, 0.15) is 11.1 Å². The van der Waals surface area contributed by atoms with Gasteiger partial charge in [0.25, 0.3) is 0 Å². The number of furan rings is 1. The summed E-state index contributed by atoms with van der Waals surface area (Å²) in [5, 5.41) is 3.35. The SMILES string of the molecule is c1ccc(Cc2ccc3oc4ccc(-c5cc6ccccc6cn5)cc4c3n2)cc1. The van der Waals surface area contributed by atoms with Crippen molar-refractivity contribution in [2.75, 3.05) is 0 Å². The maximum atomic E-state index is 6.04. The van der Waals surface area contributed by atoms with Crippen LogP contribution in [0.2, 0.25) is 0 Å². The van der Waals surface area contributed by atoms with Crippen molar-refractivity contribution < 1.29 is 4.42 Å². The largest absolute Gasteiger partial charge is 0.454 e. The highest BCUT2D eigenvalue weighted by Gasteiger charge is 2.12. The van der Waals surface area contributed by atoms with E-state index in [1.54, 1.807) is 0 Å². The summed E-state index contributed by atoms with van der Waals surface area (Å²) in [7, 11) is 0. The molecule has 0 saturated carbocycles. The van der Waals surface area contributed by atoms with Gasteiger partial charge in [-0.15, -0.1) is 0 Å².